The molecule has 0 aliphatic rings. The number of hydrogen-bond donors (Lipinski definition) is 1. The van der Waals surface area contributed by atoms with Crippen LogP contribution in [0.15, 0.2) is 58.3 Å². The van der Waals surface area contributed by atoms with Crippen LogP contribution in [0.25, 0.3) is 6.08 Å². The molecule has 102 valence electrons. The van der Waals surface area contributed by atoms with Gasteiger partial charge in [0.1, 0.15) is 11.5 Å². The van der Waals surface area contributed by atoms with Gasteiger partial charge in [0.2, 0.25) is 0 Å². The number of nitrogens with zero attached hydrogens (tertiary/aromatic N) is 1. The standard InChI is InChI=1S/C15H14N2O3/c1-19-14-9-3-2-8-13(14)15(18)17-16-10-4-6-12-7-5-11-20-12/h2-11H,1H3,(H,17,18)/b6-4+,16-10?. The van der Waals surface area contributed by atoms with E-state index in [4.69, 9.17) is 9.15 Å². The number of hydrogen-bond acceptors (Lipinski definition) is 4. The van der Waals surface area contributed by atoms with Crippen LogP contribution in [0.5, 0.6) is 5.75 Å². The number of carbonyl (C=O) groups is 1. The Morgan fingerprint density at radius 3 is 2.90 bits per heavy atom. The molecule has 0 aliphatic carbocycles. The highest BCUT2D eigenvalue weighted by Crippen LogP contribution is 2.16. The zero-order chi connectivity index (χ0) is 14.2. The van der Waals surface area contributed by atoms with Crippen LogP contribution >= 0.6 is 0 Å². The highest BCUT2D eigenvalue weighted by atomic mass is 16.5. The first-order valence-electron chi connectivity index (χ1n) is 5.98. The molecule has 0 radical (unpaired) electrons. The largest absolute Gasteiger partial charge is 0.496 e. The van der Waals surface area contributed by atoms with Gasteiger partial charge >= 0.3 is 0 Å². The number of methoxy groups -OCH3 is 1. The first kappa shape index (κ1) is 13.6. The van der Waals surface area contributed by atoms with Gasteiger partial charge in [-0.05, 0) is 36.4 Å². The molecular weight excluding hydrogens is 256 g/mol. The van der Waals surface area contributed by atoms with Gasteiger partial charge in [-0.1, -0.05) is 12.1 Å². The van der Waals surface area contributed by atoms with Crippen molar-refractivity contribution in [1.29, 1.82) is 0 Å². The molecule has 0 saturated carbocycles. The Morgan fingerprint density at radius 2 is 2.15 bits per heavy atom. The Hall–Kier alpha value is -2.82. The second-order valence-corrected chi connectivity index (χ2v) is 3.79. The molecule has 5 nitrogen and oxygen atoms in total. The Kier molecular flexibility index (Phi) is 4.72. The van der Waals surface area contributed by atoms with Crippen LogP contribution in [0.2, 0.25) is 0 Å². The van der Waals surface area contributed by atoms with Gasteiger partial charge in [0, 0.05) is 6.21 Å². The van der Waals surface area contributed by atoms with E-state index in [2.05, 4.69) is 10.5 Å². The van der Waals surface area contributed by atoms with Crippen molar-refractivity contribution in [3.05, 3.63) is 60.1 Å². The van der Waals surface area contributed by atoms with Crippen molar-refractivity contribution in [2.45, 2.75) is 0 Å². The summed E-state index contributed by atoms with van der Waals surface area (Å²) in [6.07, 6.45) is 6.45. The van der Waals surface area contributed by atoms with Crippen molar-refractivity contribution in [2.24, 2.45) is 5.10 Å². The maximum absolute atomic E-state index is 11.9. The van der Waals surface area contributed by atoms with Gasteiger partial charge in [0.25, 0.3) is 5.91 Å². The fourth-order valence-electron chi connectivity index (χ4n) is 1.56. The lowest BCUT2D eigenvalue weighted by molar-refractivity contribution is 0.0952. The van der Waals surface area contributed by atoms with E-state index < -0.39 is 0 Å². The van der Waals surface area contributed by atoms with Crippen molar-refractivity contribution < 1.29 is 13.9 Å². The molecule has 1 heterocycles. The zero-order valence-corrected chi connectivity index (χ0v) is 10.9. The van der Waals surface area contributed by atoms with Gasteiger partial charge in [-0.15, -0.1) is 0 Å². The average molecular weight is 270 g/mol. The van der Waals surface area contributed by atoms with Crippen LogP contribution in [0, 0.1) is 0 Å². The number of amides is 1. The molecule has 0 unspecified atom stereocenters. The number of carbonyl (C=O) groups excluding carboxylic acids is 1. The van der Waals surface area contributed by atoms with E-state index in [0.29, 0.717) is 17.1 Å². The number of rotatable bonds is 5. The van der Waals surface area contributed by atoms with Gasteiger partial charge < -0.3 is 9.15 Å². The van der Waals surface area contributed by atoms with E-state index >= 15 is 0 Å². The summed E-state index contributed by atoms with van der Waals surface area (Å²) in [5.74, 6) is 0.893. The molecule has 0 bridgehead atoms. The van der Waals surface area contributed by atoms with Crippen molar-refractivity contribution in [3.63, 3.8) is 0 Å². The molecule has 1 aromatic heterocycles. The van der Waals surface area contributed by atoms with E-state index in [1.807, 2.05) is 6.07 Å². The van der Waals surface area contributed by atoms with Gasteiger partial charge in [-0.3, -0.25) is 4.79 Å². The number of allylic oxidation sites excluding steroid dienone is 1. The van der Waals surface area contributed by atoms with Gasteiger partial charge in [0.05, 0.1) is 18.9 Å². The molecule has 2 rings (SSSR count). The zero-order valence-electron chi connectivity index (χ0n) is 10.9. The van der Waals surface area contributed by atoms with Crippen LogP contribution in [0.3, 0.4) is 0 Å². The second-order valence-electron chi connectivity index (χ2n) is 3.79. The number of hydrazone groups is 1. The third-order valence-corrected chi connectivity index (χ3v) is 2.48. The molecule has 20 heavy (non-hydrogen) atoms. The normalized spacial score (nSPS) is 11.1. The summed E-state index contributed by atoms with van der Waals surface area (Å²) in [5.41, 5.74) is 2.85. The van der Waals surface area contributed by atoms with Crippen LogP contribution in [0.4, 0.5) is 0 Å². The van der Waals surface area contributed by atoms with Crippen LogP contribution in [0.1, 0.15) is 16.1 Å². The monoisotopic (exact) mass is 270 g/mol. The smallest absolute Gasteiger partial charge is 0.275 e. The summed E-state index contributed by atoms with van der Waals surface area (Å²) < 4.78 is 10.2. The third-order valence-electron chi connectivity index (χ3n) is 2.48. The number of ether oxygens (including phenoxy) is 1. The molecule has 1 aromatic carbocycles. The quantitative estimate of drug-likeness (QED) is 0.671. The van der Waals surface area contributed by atoms with E-state index in [0.717, 1.165) is 0 Å². The summed E-state index contributed by atoms with van der Waals surface area (Å²) in [7, 11) is 1.52. The predicted octanol–water partition coefficient (Wildman–Crippen LogP) is 2.72. The van der Waals surface area contributed by atoms with Gasteiger partial charge in [-0.2, -0.15) is 5.10 Å². The molecule has 0 saturated heterocycles. The summed E-state index contributed by atoms with van der Waals surface area (Å²) in [5, 5.41) is 3.81. The van der Waals surface area contributed by atoms with Crippen LogP contribution in [-0.4, -0.2) is 19.2 Å². The minimum absolute atomic E-state index is 0.329. The minimum atomic E-state index is -0.329. The lowest BCUT2D eigenvalue weighted by atomic mass is 10.2. The first-order valence-corrected chi connectivity index (χ1v) is 5.98. The van der Waals surface area contributed by atoms with Gasteiger partial charge in [-0.25, -0.2) is 5.43 Å². The average Bonchev–Trinajstić information content (AvgIpc) is 3.00. The molecule has 1 N–H and O–H groups in total. The van der Waals surface area contributed by atoms with Crippen molar-refractivity contribution in [3.8, 4) is 5.75 Å². The molecule has 5 heteroatoms. The Balaban J connectivity index is 1.92. The summed E-state index contributed by atoms with van der Waals surface area (Å²) in [4.78, 5) is 11.9. The minimum Gasteiger partial charge on any atom is -0.496 e. The van der Waals surface area contributed by atoms with E-state index in [-0.39, 0.29) is 5.91 Å². The van der Waals surface area contributed by atoms with Crippen molar-refractivity contribution in [2.75, 3.05) is 7.11 Å². The second kappa shape index (κ2) is 6.94. The Bertz CT molecular complexity index is 616. The SMILES string of the molecule is COc1ccccc1C(=O)NN=C/C=C/c1ccco1. The number of benzene rings is 1. The Labute approximate surface area is 116 Å². The lowest BCUT2D eigenvalue weighted by Crippen LogP contribution is -2.18. The lowest BCUT2D eigenvalue weighted by Gasteiger charge is -2.05. The summed E-state index contributed by atoms with van der Waals surface area (Å²) in [6.45, 7) is 0. The van der Waals surface area contributed by atoms with E-state index in [1.165, 1.54) is 13.3 Å². The number of para-hydroxylation sites is 1. The number of nitrogens with one attached hydrogen (secondary N) is 1. The van der Waals surface area contributed by atoms with Gasteiger partial charge in [0.15, 0.2) is 0 Å². The highest BCUT2D eigenvalue weighted by Gasteiger charge is 2.09. The number of furan rings is 1. The topological polar surface area (TPSA) is 63.8 Å². The van der Waals surface area contributed by atoms with E-state index in [1.54, 1.807) is 48.7 Å². The van der Waals surface area contributed by atoms with Crippen LogP contribution in [-0.2, 0) is 0 Å². The fourth-order valence-corrected chi connectivity index (χ4v) is 1.56. The maximum atomic E-state index is 11.9. The Morgan fingerprint density at radius 1 is 1.30 bits per heavy atom. The maximum Gasteiger partial charge on any atom is 0.275 e. The molecule has 2 aromatic rings. The molecular formula is C15H14N2O3. The molecule has 0 spiro atoms. The van der Waals surface area contributed by atoms with Crippen LogP contribution < -0.4 is 10.2 Å². The predicted molar refractivity (Wildman–Crippen MR) is 76.7 cm³/mol. The fraction of sp³-hybridized carbons (Fsp3) is 0.0667. The molecule has 0 aliphatic heterocycles. The summed E-state index contributed by atoms with van der Waals surface area (Å²) in [6, 6.07) is 10.6. The molecule has 0 atom stereocenters. The van der Waals surface area contributed by atoms with Crippen molar-refractivity contribution in [1.82, 2.24) is 5.43 Å². The highest BCUT2D eigenvalue weighted by molar-refractivity contribution is 5.97. The first-order chi connectivity index (χ1) is 9.81. The molecule has 1 amide bonds. The summed E-state index contributed by atoms with van der Waals surface area (Å²) >= 11 is 0. The van der Waals surface area contributed by atoms with E-state index in [9.17, 15) is 4.79 Å². The molecule has 0 fully saturated rings. The third kappa shape index (κ3) is 3.58. The van der Waals surface area contributed by atoms with Crippen molar-refractivity contribution >= 4 is 18.2 Å².